The molecule has 0 amide bonds. The summed E-state index contributed by atoms with van der Waals surface area (Å²) in [5, 5.41) is 9.08. The quantitative estimate of drug-likeness (QED) is 0.762. The van der Waals surface area contributed by atoms with Gasteiger partial charge >= 0.3 is 0 Å². The van der Waals surface area contributed by atoms with Crippen LogP contribution >= 0.6 is 0 Å². The molecule has 0 bridgehead atoms. The van der Waals surface area contributed by atoms with Gasteiger partial charge in [0.2, 0.25) is 0 Å². The van der Waals surface area contributed by atoms with Crippen LogP contribution < -0.4 is 0 Å². The van der Waals surface area contributed by atoms with Gasteiger partial charge in [-0.1, -0.05) is 6.92 Å². The molecule has 1 heterocycles. The van der Waals surface area contributed by atoms with Crippen molar-refractivity contribution in [3.05, 3.63) is 0 Å². The Kier molecular flexibility index (Phi) is 3.84. The second-order valence-electron chi connectivity index (χ2n) is 4.35. The van der Waals surface area contributed by atoms with Gasteiger partial charge in [0.1, 0.15) is 0 Å². The third-order valence-electron chi connectivity index (χ3n) is 2.88. The van der Waals surface area contributed by atoms with E-state index < -0.39 is 11.8 Å². The molecule has 2 unspecified atom stereocenters. The van der Waals surface area contributed by atoms with Crippen molar-refractivity contribution in [2.24, 2.45) is 5.92 Å². The summed E-state index contributed by atoms with van der Waals surface area (Å²) in [6.45, 7) is 4.93. The van der Waals surface area contributed by atoms with Crippen molar-refractivity contribution in [2.45, 2.75) is 38.7 Å². The molecular formula is C10H19F2NO. The van der Waals surface area contributed by atoms with Crippen LogP contribution in [0.25, 0.3) is 0 Å². The SMILES string of the molecule is CC(O)CCN1CCC(F)(F)C(C)C1. The van der Waals surface area contributed by atoms with Crippen LogP contribution in [0.3, 0.4) is 0 Å². The summed E-state index contributed by atoms with van der Waals surface area (Å²) in [6, 6.07) is 0. The lowest BCUT2D eigenvalue weighted by molar-refractivity contribution is -0.0996. The van der Waals surface area contributed by atoms with Crippen molar-refractivity contribution in [3.8, 4) is 0 Å². The highest BCUT2D eigenvalue weighted by atomic mass is 19.3. The monoisotopic (exact) mass is 207 g/mol. The van der Waals surface area contributed by atoms with Crippen molar-refractivity contribution < 1.29 is 13.9 Å². The van der Waals surface area contributed by atoms with E-state index in [-0.39, 0.29) is 12.5 Å². The van der Waals surface area contributed by atoms with Crippen molar-refractivity contribution in [3.63, 3.8) is 0 Å². The van der Waals surface area contributed by atoms with Gasteiger partial charge in [0.05, 0.1) is 6.10 Å². The van der Waals surface area contributed by atoms with Crippen molar-refractivity contribution in [1.82, 2.24) is 4.90 Å². The zero-order valence-corrected chi connectivity index (χ0v) is 8.84. The number of hydrogen-bond donors (Lipinski definition) is 1. The molecule has 84 valence electrons. The van der Waals surface area contributed by atoms with Gasteiger partial charge in [0, 0.05) is 32.0 Å². The normalized spacial score (nSPS) is 30.2. The smallest absolute Gasteiger partial charge is 0.253 e. The van der Waals surface area contributed by atoms with E-state index in [1.807, 2.05) is 4.90 Å². The van der Waals surface area contributed by atoms with Gasteiger partial charge in [-0.25, -0.2) is 8.78 Å². The number of aliphatic hydroxyl groups is 1. The first-order valence-corrected chi connectivity index (χ1v) is 5.20. The molecule has 0 aromatic heterocycles. The average molecular weight is 207 g/mol. The van der Waals surface area contributed by atoms with Crippen LogP contribution in [-0.2, 0) is 0 Å². The van der Waals surface area contributed by atoms with Gasteiger partial charge in [-0.2, -0.15) is 0 Å². The Hall–Kier alpha value is -0.220. The lowest BCUT2D eigenvalue weighted by Crippen LogP contribution is -2.46. The Balaban J connectivity index is 2.32. The summed E-state index contributed by atoms with van der Waals surface area (Å²) in [5.41, 5.74) is 0. The molecule has 1 rings (SSSR count). The number of hydrogen-bond acceptors (Lipinski definition) is 2. The first-order chi connectivity index (χ1) is 6.42. The lowest BCUT2D eigenvalue weighted by Gasteiger charge is -2.36. The van der Waals surface area contributed by atoms with Crippen LogP contribution in [0.1, 0.15) is 26.7 Å². The van der Waals surface area contributed by atoms with Crippen LogP contribution in [0.4, 0.5) is 8.78 Å². The van der Waals surface area contributed by atoms with Crippen LogP contribution in [0.2, 0.25) is 0 Å². The predicted octanol–water partition coefficient (Wildman–Crippen LogP) is 1.73. The molecule has 0 saturated carbocycles. The van der Waals surface area contributed by atoms with E-state index in [4.69, 9.17) is 5.11 Å². The second-order valence-corrected chi connectivity index (χ2v) is 4.35. The molecule has 1 fully saturated rings. The van der Waals surface area contributed by atoms with Crippen molar-refractivity contribution in [1.29, 1.82) is 0 Å². The fourth-order valence-electron chi connectivity index (χ4n) is 1.74. The van der Waals surface area contributed by atoms with E-state index in [1.54, 1.807) is 13.8 Å². The zero-order valence-electron chi connectivity index (χ0n) is 8.84. The van der Waals surface area contributed by atoms with E-state index in [0.29, 0.717) is 19.5 Å². The summed E-state index contributed by atoms with van der Waals surface area (Å²) in [4.78, 5) is 2.01. The molecule has 0 radical (unpaired) electrons. The summed E-state index contributed by atoms with van der Waals surface area (Å²) in [5.74, 6) is -3.06. The Morgan fingerprint density at radius 2 is 2.21 bits per heavy atom. The van der Waals surface area contributed by atoms with Crippen LogP contribution in [0.15, 0.2) is 0 Å². The molecule has 0 aliphatic carbocycles. The minimum atomic E-state index is -2.50. The molecule has 2 atom stereocenters. The van der Waals surface area contributed by atoms with E-state index in [1.165, 1.54) is 0 Å². The number of alkyl halides is 2. The number of aliphatic hydroxyl groups excluding tert-OH is 1. The number of likely N-dealkylation sites (tertiary alicyclic amines) is 1. The molecule has 4 heteroatoms. The third-order valence-corrected chi connectivity index (χ3v) is 2.88. The van der Waals surface area contributed by atoms with Gasteiger partial charge < -0.3 is 10.0 Å². The fraction of sp³-hybridized carbons (Fsp3) is 1.00. The number of rotatable bonds is 3. The van der Waals surface area contributed by atoms with Gasteiger partial charge in [0.15, 0.2) is 0 Å². The molecule has 1 saturated heterocycles. The average Bonchev–Trinajstić information content (AvgIpc) is 2.07. The minimum Gasteiger partial charge on any atom is -0.393 e. The molecule has 1 aliphatic rings. The molecule has 1 N–H and O–H groups in total. The largest absolute Gasteiger partial charge is 0.393 e. The van der Waals surface area contributed by atoms with E-state index in [9.17, 15) is 8.78 Å². The summed E-state index contributed by atoms with van der Waals surface area (Å²) in [7, 11) is 0. The highest BCUT2D eigenvalue weighted by molar-refractivity contribution is 4.83. The second kappa shape index (κ2) is 4.53. The Bertz CT molecular complexity index is 183. The summed E-state index contributed by atoms with van der Waals surface area (Å²) < 4.78 is 26.2. The highest BCUT2D eigenvalue weighted by Crippen LogP contribution is 2.32. The summed E-state index contributed by atoms with van der Waals surface area (Å²) in [6.07, 6.45) is 0.277. The van der Waals surface area contributed by atoms with E-state index in [0.717, 1.165) is 6.54 Å². The zero-order chi connectivity index (χ0) is 10.8. The molecule has 0 spiro atoms. The highest BCUT2D eigenvalue weighted by Gasteiger charge is 2.40. The molecule has 2 nitrogen and oxygen atoms in total. The van der Waals surface area contributed by atoms with Gasteiger partial charge in [0.25, 0.3) is 5.92 Å². The Morgan fingerprint density at radius 1 is 1.57 bits per heavy atom. The molecule has 0 aromatic carbocycles. The van der Waals surface area contributed by atoms with Gasteiger partial charge in [-0.05, 0) is 13.3 Å². The van der Waals surface area contributed by atoms with E-state index in [2.05, 4.69) is 0 Å². The number of nitrogens with zero attached hydrogens (tertiary/aromatic N) is 1. The fourth-order valence-corrected chi connectivity index (χ4v) is 1.74. The standard InChI is InChI=1S/C10H19F2NO/c1-8-7-13(5-3-9(2)14)6-4-10(8,11)12/h8-9,14H,3-7H2,1-2H3. The summed E-state index contributed by atoms with van der Waals surface area (Å²) >= 11 is 0. The van der Waals surface area contributed by atoms with Crippen LogP contribution in [0.5, 0.6) is 0 Å². The molecule has 0 aromatic rings. The minimum absolute atomic E-state index is 0.0476. The van der Waals surface area contributed by atoms with Crippen molar-refractivity contribution in [2.75, 3.05) is 19.6 Å². The Morgan fingerprint density at radius 3 is 2.71 bits per heavy atom. The number of halogens is 2. The lowest BCUT2D eigenvalue weighted by atomic mass is 9.95. The van der Waals surface area contributed by atoms with Gasteiger partial charge in [-0.15, -0.1) is 0 Å². The maximum Gasteiger partial charge on any atom is 0.253 e. The first-order valence-electron chi connectivity index (χ1n) is 5.20. The molecule has 1 aliphatic heterocycles. The van der Waals surface area contributed by atoms with Crippen LogP contribution in [0, 0.1) is 5.92 Å². The topological polar surface area (TPSA) is 23.5 Å². The Labute approximate surface area is 83.9 Å². The molecular weight excluding hydrogens is 188 g/mol. The van der Waals surface area contributed by atoms with Crippen molar-refractivity contribution >= 4 is 0 Å². The maximum atomic E-state index is 13.1. The molecule has 14 heavy (non-hydrogen) atoms. The van der Waals surface area contributed by atoms with E-state index >= 15 is 0 Å². The third kappa shape index (κ3) is 3.17. The maximum absolute atomic E-state index is 13.1. The first kappa shape index (κ1) is 11.9. The predicted molar refractivity (Wildman–Crippen MR) is 51.5 cm³/mol. The number of piperidine rings is 1. The van der Waals surface area contributed by atoms with Crippen LogP contribution in [-0.4, -0.2) is 41.7 Å². The van der Waals surface area contributed by atoms with Gasteiger partial charge in [-0.3, -0.25) is 0 Å².